The smallest absolute Gasteiger partial charge is 0.316 e. The summed E-state index contributed by atoms with van der Waals surface area (Å²) in [4.78, 5) is 12.4. The Kier molecular flexibility index (Phi) is 4.57. The van der Waals surface area contributed by atoms with Gasteiger partial charge in [0.2, 0.25) is 0 Å². The first-order valence-corrected chi connectivity index (χ1v) is 6.93. The second-order valence-electron chi connectivity index (χ2n) is 5.08. The molecule has 0 radical (unpaired) electrons. The Hall–Kier alpha value is -2.09. The lowest BCUT2D eigenvalue weighted by Crippen LogP contribution is -2.36. The molecule has 0 aliphatic rings. The highest BCUT2D eigenvalue weighted by Gasteiger charge is 2.36. The molecule has 0 amide bonds. The van der Waals surface area contributed by atoms with Gasteiger partial charge in [0.15, 0.2) is 0 Å². The van der Waals surface area contributed by atoms with Crippen molar-refractivity contribution in [3.63, 3.8) is 0 Å². The fraction of sp³-hybridized carbons (Fsp3) is 0.278. The van der Waals surface area contributed by atoms with Crippen molar-refractivity contribution < 1.29 is 9.53 Å². The monoisotopic (exact) mass is 268 g/mol. The molecule has 2 aromatic rings. The largest absolute Gasteiger partial charge is 0.465 e. The van der Waals surface area contributed by atoms with Crippen LogP contribution < -0.4 is 0 Å². The Morgan fingerprint density at radius 2 is 1.55 bits per heavy atom. The van der Waals surface area contributed by atoms with Gasteiger partial charge in [-0.15, -0.1) is 0 Å². The molecule has 0 saturated heterocycles. The van der Waals surface area contributed by atoms with Crippen LogP contribution in [0.5, 0.6) is 0 Å². The van der Waals surface area contributed by atoms with Gasteiger partial charge < -0.3 is 4.74 Å². The molecule has 0 spiro atoms. The predicted molar refractivity (Wildman–Crippen MR) is 80.6 cm³/mol. The molecule has 2 nitrogen and oxygen atoms in total. The van der Waals surface area contributed by atoms with Crippen LogP contribution in [0.2, 0.25) is 0 Å². The van der Waals surface area contributed by atoms with Crippen LogP contribution in [0.25, 0.3) is 0 Å². The van der Waals surface area contributed by atoms with Gasteiger partial charge in [-0.2, -0.15) is 0 Å². The Morgan fingerprint density at radius 1 is 1.00 bits per heavy atom. The SMILES string of the molecule is CCOC(=O)C(C)(Cc1ccccc1)c1ccccc1. The molecule has 104 valence electrons. The number of carbonyl (C=O) groups excluding carboxylic acids is 1. The van der Waals surface area contributed by atoms with Gasteiger partial charge in [-0.1, -0.05) is 60.7 Å². The number of carbonyl (C=O) groups is 1. The molecular formula is C18H20O2. The zero-order valence-electron chi connectivity index (χ0n) is 12.0. The molecule has 0 fully saturated rings. The van der Waals surface area contributed by atoms with Crippen molar-refractivity contribution in [3.8, 4) is 0 Å². The molecule has 0 aliphatic carbocycles. The van der Waals surface area contributed by atoms with E-state index in [0.29, 0.717) is 13.0 Å². The molecule has 0 N–H and O–H groups in total. The molecule has 1 atom stereocenters. The standard InChI is InChI=1S/C18H20O2/c1-3-20-17(19)18(2,16-12-8-5-9-13-16)14-15-10-6-4-7-11-15/h4-13H,3,14H2,1-2H3. The van der Waals surface area contributed by atoms with Crippen molar-refractivity contribution in [3.05, 3.63) is 71.8 Å². The normalized spacial score (nSPS) is 13.5. The molecule has 2 heteroatoms. The van der Waals surface area contributed by atoms with E-state index in [9.17, 15) is 4.79 Å². The van der Waals surface area contributed by atoms with Crippen LogP contribution in [0.1, 0.15) is 25.0 Å². The Balaban J connectivity index is 2.36. The molecule has 2 aromatic carbocycles. The van der Waals surface area contributed by atoms with Crippen molar-refractivity contribution in [1.29, 1.82) is 0 Å². The molecular weight excluding hydrogens is 248 g/mol. The molecule has 0 heterocycles. The molecule has 0 aliphatic heterocycles. The summed E-state index contributed by atoms with van der Waals surface area (Å²) in [7, 11) is 0. The highest BCUT2D eigenvalue weighted by atomic mass is 16.5. The quantitative estimate of drug-likeness (QED) is 0.772. The van der Waals surface area contributed by atoms with E-state index in [1.165, 1.54) is 0 Å². The first-order chi connectivity index (χ1) is 9.66. The van der Waals surface area contributed by atoms with Crippen LogP contribution in [-0.4, -0.2) is 12.6 Å². The van der Waals surface area contributed by atoms with E-state index in [0.717, 1.165) is 11.1 Å². The van der Waals surface area contributed by atoms with Gasteiger partial charge in [-0.3, -0.25) is 4.79 Å². The zero-order chi connectivity index (χ0) is 14.4. The van der Waals surface area contributed by atoms with E-state index >= 15 is 0 Å². The third kappa shape index (κ3) is 3.08. The number of hydrogen-bond donors (Lipinski definition) is 0. The lowest BCUT2D eigenvalue weighted by atomic mass is 9.77. The average Bonchev–Trinajstić information content (AvgIpc) is 2.49. The molecule has 1 unspecified atom stereocenters. The molecule has 0 bridgehead atoms. The summed E-state index contributed by atoms with van der Waals surface area (Å²) in [5.41, 5.74) is 1.47. The highest BCUT2D eigenvalue weighted by molar-refractivity contribution is 5.83. The van der Waals surface area contributed by atoms with Crippen molar-refractivity contribution in [2.24, 2.45) is 0 Å². The lowest BCUT2D eigenvalue weighted by molar-refractivity contribution is -0.149. The van der Waals surface area contributed by atoms with Crippen molar-refractivity contribution in [2.75, 3.05) is 6.61 Å². The predicted octanol–water partition coefficient (Wildman–Crippen LogP) is 3.75. The summed E-state index contributed by atoms with van der Waals surface area (Å²) in [5, 5.41) is 0. The van der Waals surface area contributed by atoms with E-state index in [2.05, 4.69) is 0 Å². The Bertz CT molecular complexity index is 548. The summed E-state index contributed by atoms with van der Waals surface area (Å²) >= 11 is 0. The first kappa shape index (κ1) is 14.3. The number of esters is 1. The summed E-state index contributed by atoms with van der Waals surface area (Å²) in [6.45, 7) is 4.19. The minimum Gasteiger partial charge on any atom is -0.465 e. The number of rotatable bonds is 5. The van der Waals surface area contributed by atoms with Crippen LogP contribution in [0.15, 0.2) is 60.7 Å². The fourth-order valence-corrected chi connectivity index (χ4v) is 2.39. The number of hydrogen-bond acceptors (Lipinski definition) is 2. The molecule has 20 heavy (non-hydrogen) atoms. The van der Waals surface area contributed by atoms with Gasteiger partial charge in [0.1, 0.15) is 0 Å². The molecule has 0 saturated carbocycles. The van der Waals surface area contributed by atoms with Gasteiger partial charge >= 0.3 is 5.97 Å². The van der Waals surface area contributed by atoms with E-state index in [1.807, 2.05) is 74.5 Å². The van der Waals surface area contributed by atoms with Gasteiger partial charge in [-0.05, 0) is 31.4 Å². The topological polar surface area (TPSA) is 26.3 Å². The van der Waals surface area contributed by atoms with E-state index in [-0.39, 0.29) is 5.97 Å². The molecule has 0 aromatic heterocycles. The summed E-state index contributed by atoms with van der Waals surface area (Å²) in [5.74, 6) is -0.171. The summed E-state index contributed by atoms with van der Waals surface area (Å²) in [6, 6.07) is 19.9. The second-order valence-corrected chi connectivity index (χ2v) is 5.08. The maximum absolute atomic E-state index is 12.4. The highest BCUT2D eigenvalue weighted by Crippen LogP contribution is 2.29. The van der Waals surface area contributed by atoms with E-state index in [1.54, 1.807) is 0 Å². The first-order valence-electron chi connectivity index (χ1n) is 6.93. The van der Waals surface area contributed by atoms with Gasteiger partial charge in [-0.25, -0.2) is 0 Å². The maximum atomic E-state index is 12.4. The van der Waals surface area contributed by atoms with Crippen molar-refractivity contribution >= 4 is 5.97 Å². The van der Waals surface area contributed by atoms with Crippen LogP contribution in [-0.2, 0) is 21.4 Å². The minimum atomic E-state index is -0.654. The number of benzene rings is 2. The Morgan fingerprint density at radius 3 is 2.10 bits per heavy atom. The van der Waals surface area contributed by atoms with Crippen molar-refractivity contribution in [1.82, 2.24) is 0 Å². The van der Waals surface area contributed by atoms with Gasteiger partial charge in [0.05, 0.1) is 12.0 Å². The summed E-state index contributed by atoms with van der Waals surface area (Å²) in [6.07, 6.45) is 0.636. The van der Waals surface area contributed by atoms with Gasteiger partial charge in [0, 0.05) is 0 Å². The van der Waals surface area contributed by atoms with Crippen LogP contribution in [0.4, 0.5) is 0 Å². The third-order valence-electron chi connectivity index (χ3n) is 3.54. The number of ether oxygens (including phenoxy) is 1. The second kappa shape index (κ2) is 6.38. The van der Waals surface area contributed by atoms with Crippen LogP contribution >= 0.6 is 0 Å². The van der Waals surface area contributed by atoms with E-state index < -0.39 is 5.41 Å². The maximum Gasteiger partial charge on any atom is 0.316 e. The third-order valence-corrected chi connectivity index (χ3v) is 3.54. The van der Waals surface area contributed by atoms with Crippen LogP contribution in [0.3, 0.4) is 0 Å². The average molecular weight is 268 g/mol. The fourth-order valence-electron chi connectivity index (χ4n) is 2.39. The van der Waals surface area contributed by atoms with Crippen molar-refractivity contribution in [2.45, 2.75) is 25.7 Å². The van der Waals surface area contributed by atoms with E-state index in [4.69, 9.17) is 4.74 Å². The van der Waals surface area contributed by atoms with Crippen LogP contribution in [0, 0.1) is 0 Å². The van der Waals surface area contributed by atoms with Gasteiger partial charge in [0.25, 0.3) is 0 Å². The molecule has 2 rings (SSSR count). The zero-order valence-corrected chi connectivity index (χ0v) is 12.0. The minimum absolute atomic E-state index is 0.171. The summed E-state index contributed by atoms with van der Waals surface area (Å²) < 4.78 is 5.29. The Labute approximate surface area is 120 Å². The lowest BCUT2D eigenvalue weighted by Gasteiger charge is -2.28.